The van der Waals surface area contributed by atoms with Crippen LogP contribution in [0.1, 0.15) is 51.3 Å². The Morgan fingerprint density at radius 2 is 1.52 bits per heavy atom. The van der Waals surface area contributed by atoms with Gasteiger partial charge in [-0.2, -0.15) is 0 Å². The minimum atomic E-state index is 0.140. The maximum atomic E-state index is 3.79. The molecule has 0 saturated carbocycles. The molecule has 0 fully saturated rings. The number of benzene rings is 2. The average molecular weight is 339 g/mol. The molecule has 1 unspecified atom stereocenters. The molecule has 0 heterocycles. The van der Waals surface area contributed by atoms with Crippen LogP contribution in [0.5, 0.6) is 0 Å². The Morgan fingerprint density at radius 1 is 0.920 bits per heavy atom. The Morgan fingerprint density at radius 3 is 2.08 bits per heavy atom. The number of nitrogens with one attached hydrogen (secondary N) is 1. The van der Waals surface area contributed by atoms with Crippen molar-refractivity contribution in [3.05, 3.63) is 71.8 Å². The lowest BCUT2D eigenvalue weighted by Crippen LogP contribution is -2.43. The van der Waals surface area contributed by atoms with E-state index in [2.05, 4.69) is 98.6 Å². The quantitative estimate of drug-likeness (QED) is 0.634. The van der Waals surface area contributed by atoms with E-state index < -0.39 is 0 Å². The van der Waals surface area contributed by atoms with Crippen molar-refractivity contribution in [1.29, 1.82) is 0 Å². The summed E-state index contributed by atoms with van der Waals surface area (Å²) in [5, 5.41) is 3.79. The Balaban J connectivity index is 2.13. The number of hydrogen-bond donors (Lipinski definition) is 1. The van der Waals surface area contributed by atoms with Gasteiger partial charge in [0.05, 0.1) is 0 Å². The summed E-state index contributed by atoms with van der Waals surface area (Å²) in [5.74, 6) is 0. The first kappa shape index (κ1) is 19.7. The standard InChI is InChI=1S/C23H34N2/c1-5-17-24-22(21-15-11-8-12-16-21)23(3,4)19-25(6-2)18-20-13-9-7-10-14-20/h7-16,22,24H,5-6,17-19H2,1-4H3. The van der Waals surface area contributed by atoms with Crippen molar-refractivity contribution in [2.45, 2.75) is 46.7 Å². The summed E-state index contributed by atoms with van der Waals surface area (Å²) in [6, 6.07) is 22.0. The molecule has 136 valence electrons. The highest BCUT2D eigenvalue weighted by Crippen LogP contribution is 2.34. The summed E-state index contributed by atoms with van der Waals surface area (Å²) >= 11 is 0. The van der Waals surface area contributed by atoms with Crippen molar-refractivity contribution in [3.63, 3.8) is 0 Å². The van der Waals surface area contributed by atoms with E-state index in [9.17, 15) is 0 Å². The normalized spacial score (nSPS) is 13.2. The van der Waals surface area contributed by atoms with E-state index in [0.29, 0.717) is 6.04 Å². The molecular weight excluding hydrogens is 304 g/mol. The van der Waals surface area contributed by atoms with E-state index in [0.717, 1.165) is 32.6 Å². The monoisotopic (exact) mass is 338 g/mol. The lowest BCUT2D eigenvalue weighted by Gasteiger charge is -2.39. The molecule has 0 bridgehead atoms. The molecule has 0 aliphatic carbocycles. The van der Waals surface area contributed by atoms with E-state index in [-0.39, 0.29) is 5.41 Å². The first-order chi connectivity index (χ1) is 12.1. The van der Waals surface area contributed by atoms with E-state index >= 15 is 0 Å². The SMILES string of the molecule is CCCNC(c1ccccc1)C(C)(C)CN(CC)Cc1ccccc1. The Bertz CT molecular complexity index is 592. The van der Waals surface area contributed by atoms with Crippen molar-refractivity contribution < 1.29 is 0 Å². The first-order valence-corrected chi connectivity index (χ1v) is 9.61. The molecule has 0 spiro atoms. The molecule has 0 aliphatic heterocycles. The molecule has 25 heavy (non-hydrogen) atoms. The summed E-state index contributed by atoms with van der Waals surface area (Å²) in [7, 11) is 0. The van der Waals surface area contributed by atoms with Gasteiger partial charge in [-0.3, -0.25) is 4.90 Å². The smallest absolute Gasteiger partial charge is 0.0384 e. The molecule has 0 amide bonds. The van der Waals surface area contributed by atoms with Gasteiger partial charge in [0.25, 0.3) is 0 Å². The molecule has 2 aromatic rings. The van der Waals surface area contributed by atoms with Crippen LogP contribution in [0.4, 0.5) is 0 Å². The van der Waals surface area contributed by atoms with Crippen LogP contribution in [0.15, 0.2) is 60.7 Å². The molecule has 1 atom stereocenters. The molecule has 2 nitrogen and oxygen atoms in total. The van der Waals surface area contributed by atoms with Crippen LogP contribution in [-0.4, -0.2) is 24.5 Å². The van der Waals surface area contributed by atoms with Gasteiger partial charge in [0.15, 0.2) is 0 Å². The zero-order valence-electron chi connectivity index (χ0n) is 16.3. The Labute approximate surface area is 154 Å². The summed E-state index contributed by atoms with van der Waals surface area (Å²) in [6.07, 6.45) is 1.15. The minimum Gasteiger partial charge on any atom is -0.309 e. The van der Waals surface area contributed by atoms with Crippen LogP contribution in [0.2, 0.25) is 0 Å². The summed E-state index contributed by atoms with van der Waals surface area (Å²) in [6.45, 7) is 13.5. The number of hydrogen-bond acceptors (Lipinski definition) is 2. The average Bonchev–Trinajstić information content (AvgIpc) is 2.63. The zero-order valence-corrected chi connectivity index (χ0v) is 16.3. The molecule has 2 aromatic carbocycles. The fourth-order valence-electron chi connectivity index (χ4n) is 3.57. The van der Waals surface area contributed by atoms with Gasteiger partial charge in [0.2, 0.25) is 0 Å². The van der Waals surface area contributed by atoms with Crippen molar-refractivity contribution >= 4 is 0 Å². The first-order valence-electron chi connectivity index (χ1n) is 9.61. The third-order valence-corrected chi connectivity index (χ3v) is 4.84. The topological polar surface area (TPSA) is 15.3 Å². The van der Waals surface area contributed by atoms with Gasteiger partial charge < -0.3 is 5.32 Å². The van der Waals surface area contributed by atoms with Gasteiger partial charge in [-0.15, -0.1) is 0 Å². The summed E-state index contributed by atoms with van der Waals surface area (Å²) in [4.78, 5) is 2.55. The largest absolute Gasteiger partial charge is 0.309 e. The molecule has 0 radical (unpaired) electrons. The highest BCUT2D eigenvalue weighted by Gasteiger charge is 2.32. The highest BCUT2D eigenvalue weighted by molar-refractivity contribution is 5.21. The predicted octanol–water partition coefficient (Wildman–Crippen LogP) is 5.28. The van der Waals surface area contributed by atoms with Crippen LogP contribution in [0.3, 0.4) is 0 Å². The zero-order chi connectivity index (χ0) is 18.1. The Kier molecular flexibility index (Phi) is 7.67. The van der Waals surface area contributed by atoms with Gasteiger partial charge in [0.1, 0.15) is 0 Å². The second-order valence-corrected chi connectivity index (χ2v) is 7.58. The van der Waals surface area contributed by atoms with Crippen LogP contribution < -0.4 is 5.32 Å². The van der Waals surface area contributed by atoms with Crippen LogP contribution >= 0.6 is 0 Å². The van der Waals surface area contributed by atoms with Gasteiger partial charge in [0, 0.05) is 19.1 Å². The van der Waals surface area contributed by atoms with Crippen molar-refractivity contribution in [2.24, 2.45) is 5.41 Å². The van der Waals surface area contributed by atoms with Crippen LogP contribution in [-0.2, 0) is 6.54 Å². The molecule has 1 N–H and O–H groups in total. The molecule has 0 aromatic heterocycles. The second kappa shape index (κ2) is 9.74. The highest BCUT2D eigenvalue weighted by atomic mass is 15.1. The molecule has 2 heteroatoms. The van der Waals surface area contributed by atoms with Crippen molar-refractivity contribution in [1.82, 2.24) is 10.2 Å². The molecular formula is C23H34N2. The summed E-state index contributed by atoms with van der Waals surface area (Å²) < 4.78 is 0. The Hall–Kier alpha value is -1.64. The van der Waals surface area contributed by atoms with Crippen LogP contribution in [0, 0.1) is 5.41 Å². The third kappa shape index (κ3) is 5.98. The second-order valence-electron chi connectivity index (χ2n) is 7.58. The molecule has 0 aliphatic rings. The lowest BCUT2D eigenvalue weighted by molar-refractivity contribution is 0.135. The van der Waals surface area contributed by atoms with Crippen molar-refractivity contribution in [2.75, 3.05) is 19.6 Å². The molecule has 0 saturated heterocycles. The maximum Gasteiger partial charge on any atom is 0.0384 e. The van der Waals surface area contributed by atoms with E-state index in [1.807, 2.05) is 0 Å². The van der Waals surface area contributed by atoms with Gasteiger partial charge in [-0.1, -0.05) is 88.4 Å². The fraction of sp³-hybridized carbons (Fsp3) is 0.478. The van der Waals surface area contributed by atoms with E-state index in [1.165, 1.54) is 11.1 Å². The number of nitrogens with zero attached hydrogens (tertiary/aromatic N) is 1. The number of rotatable bonds is 10. The molecule has 2 rings (SSSR count). The lowest BCUT2D eigenvalue weighted by atomic mass is 9.79. The predicted molar refractivity (Wildman–Crippen MR) is 109 cm³/mol. The van der Waals surface area contributed by atoms with Crippen LogP contribution in [0.25, 0.3) is 0 Å². The fourth-order valence-corrected chi connectivity index (χ4v) is 3.57. The minimum absolute atomic E-state index is 0.140. The summed E-state index contributed by atoms with van der Waals surface area (Å²) in [5.41, 5.74) is 2.91. The van der Waals surface area contributed by atoms with Crippen molar-refractivity contribution in [3.8, 4) is 0 Å². The van der Waals surface area contributed by atoms with E-state index in [1.54, 1.807) is 0 Å². The van der Waals surface area contributed by atoms with E-state index in [4.69, 9.17) is 0 Å². The van der Waals surface area contributed by atoms with Gasteiger partial charge in [-0.05, 0) is 36.1 Å². The maximum absolute atomic E-state index is 3.79. The van der Waals surface area contributed by atoms with Gasteiger partial charge in [-0.25, -0.2) is 0 Å². The third-order valence-electron chi connectivity index (χ3n) is 4.84. The van der Waals surface area contributed by atoms with Gasteiger partial charge >= 0.3 is 0 Å².